The number of aryl methyl sites for hydroxylation is 1. The van der Waals surface area contributed by atoms with Gasteiger partial charge in [0.15, 0.2) is 0 Å². The van der Waals surface area contributed by atoms with Gasteiger partial charge in [-0.25, -0.2) is 13.1 Å². The van der Waals surface area contributed by atoms with Gasteiger partial charge in [-0.15, -0.1) is 0 Å². The maximum absolute atomic E-state index is 11.9. The summed E-state index contributed by atoms with van der Waals surface area (Å²) in [5.74, 6) is -0.871. The first-order valence-electron chi connectivity index (χ1n) is 4.87. The first kappa shape index (κ1) is 15.3. The van der Waals surface area contributed by atoms with E-state index in [1.165, 1.54) is 13.0 Å². The number of nitro groups is 1. The zero-order valence-corrected chi connectivity index (χ0v) is 11.3. The minimum absolute atomic E-state index is 0.170. The van der Waals surface area contributed by atoms with Crippen LogP contribution in [0.3, 0.4) is 0 Å². The highest BCUT2D eigenvalue weighted by atomic mass is 35.5. The molecule has 1 aromatic rings. The molecule has 8 nitrogen and oxygen atoms in total. The Balaban J connectivity index is 3.30. The molecule has 19 heavy (non-hydrogen) atoms. The van der Waals surface area contributed by atoms with Crippen LogP contribution in [0.15, 0.2) is 17.0 Å². The summed E-state index contributed by atoms with van der Waals surface area (Å²) in [6, 6.07) is 2.00. The van der Waals surface area contributed by atoms with Gasteiger partial charge in [0.2, 0.25) is 15.9 Å². The Morgan fingerprint density at radius 3 is 2.58 bits per heavy atom. The van der Waals surface area contributed by atoms with Crippen molar-refractivity contribution in [3.05, 3.63) is 32.8 Å². The zero-order valence-electron chi connectivity index (χ0n) is 9.71. The van der Waals surface area contributed by atoms with E-state index < -0.39 is 33.1 Å². The van der Waals surface area contributed by atoms with Gasteiger partial charge >= 0.3 is 0 Å². The van der Waals surface area contributed by atoms with Crippen LogP contribution in [-0.2, 0) is 14.8 Å². The van der Waals surface area contributed by atoms with E-state index in [9.17, 15) is 23.3 Å². The van der Waals surface area contributed by atoms with Crippen LogP contribution in [0.5, 0.6) is 0 Å². The molecule has 3 N–H and O–H groups in total. The smallest absolute Gasteiger partial charge is 0.289 e. The Labute approximate surface area is 113 Å². The SMILES string of the molecule is Cc1cc(Cl)c([N+](=O)[O-])cc1S(=O)(=O)NCC(N)=O. The molecule has 0 aliphatic heterocycles. The van der Waals surface area contributed by atoms with Gasteiger partial charge in [0.25, 0.3) is 5.69 Å². The molecule has 1 rings (SSSR count). The summed E-state index contributed by atoms with van der Waals surface area (Å²) >= 11 is 5.64. The molecule has 0 heterocycles. The third-order valence-electron chi connectivity index (χ3n) is 2.17. The molecule has 0 aromatic heterocycles. The number of primary amides is 1. The van der Waals surface area contributed by atoms with Crippen LogP contribution < -0.4 is 10.5 Å². The molecule has 0 atom stereocenters. The lowest BCUT2D eigenvalue weighted by atomic mass is 10.2. The van der Waals surface area contributed by atoms with Gasteiger partial charge in [-0.2, -0.15) is 0 Å². The van der Waals surface area contributed by atoms with Crippen LogP contribution in [0.4, 0.5) is 5.69 Å². The average molecular weight is 308 g/mol. The predicted molar refractivity (Wildman–Crippen MR) is 67.2 cm³/mol. The number of amides is 1. The van der Waals surface area contributed by atoms with Gasteiger partial charge in [0.1, 0.15) is 5.02 Å². The zero-order chi connectivity index (χ0) is 14.8. The fourth-order valence-electron chi connectivity index (χ4n) is 1.32. The third kappa shape index (κ3) is 3.63. The molecule has 0 saturated carbocycles. The fourth-order valence-corrected chi connectivity index (χ4v) is 2.84. The third-order valence-corrected chi connectivity index (χ3v) is 4.01. The number of nitro benzene ring substituents is 1. The van der Waals surface area contributed by atoms with Crippen molar-refractivity contribution in [1.82, 2.24) is 4.72 Å². The van der Waals surface area contributed by atoms with Crippen LogP contribution in [0.25, 0.3) is 0 Å². The number of hydrogen-bond donors (Lipinski definition) is 2. The molecule has 0 radical (unpaired) electrons. The molecule has 0 aliphatic rings. The Kier molecular flexibility index (Phi) is 4.45. The summed E-state index contributed by atoms with van der Waals surface area (Å²) in [6.07, 6.45) is 0. The standard InChI is InChI=1S/C9H10ClN3O5S/c1-5-2-6(10)7(13(15)16)3-8(5)19(17,18)12-4-9(11)14/h2-3,12H,4H2,1H3,(H2,11,14). The summed E-state index contributed by atoms with van der Waals surface area (Å²) in [4.78, 5) is 20.1. The highest BCUT2D eigenvalue weighted by Gasteiger charge is 2.23. The van der Waals surface area contributed by atoms with Crippen LogP contribution >= 0.6 is 11.6 Å². The molecule has 0 fully saturated rings. The van der Waals surface area contributed by atoms with Crippen molar-refractivity contribution in [3.8, 4) is 0 Å². The second-order valence-corrected chi connectivity index (χ2v) is 5.76. The number of nitrogens with two attached hydrogens (primary N) is 1. The molecule has 10 heteroatoms. The van der Waals surface area contributed by atoms with E-state index in [4.69, 9.17) is 17.3 Å². The Morgan fingerprint density at radius 1 is 1.53 bits per heavy atom. The van der Waals surface area contributed by atoms with Gasteiger partial charge in [-0.05, 0) is 18.6 Å². The van der Waals surface area contributed by atoms with Crippen molar-refractivity contribution in [2.24, 2.45) is 5.73 Å². The Hall–Kier alpha value is -1.71. The maximum atomic E-state index is 11.9. The van der Waals surface area contributed by atoms with Gasteiger partial charge in [-0.1, -0.05) is 11.6 Å². The second kappa shape index (κ2) is 5.51. The van der Waals surface area contributed by atoms with Crippen molar-refractivity contribution in [1.29, 1.82) is 0 Å². The fraction of sp³-hybridized carbons (Fsp3) is 0.222. The van der Waals surface area contributed by atoms with E-state index in [0.717, 1.165) is 6.07 Å². The molecule has 104 valence electrons. The number of nitrogens with zero attached hydrogens (tertiary/aromatic N) is 1. The highest BCUT2D eigenvalue weighted by molar-refractivity contribution is 7.89. The number of halogens is 1. The normalized spacial score (nSPS) is 11.3. The van der Waals surface area contributed by atoms with E-state index in [0.29, 0.717) is 0 Å². The molecule has 1 aromatic carbocycles. The van der Waals surface area contributed by atoms with Gasteiger partial charge < -0.3 is 5.73 Å². The lowest BCUT2D eigenvalue weighted by Crippen LogP contribution is -2.33. The van der Waals surface area contributed by atoms with E-state index in [-0.39, 0.29) is 15.5 Å². The molecule has 0 spiro atoms. The van der Waals surface area contributed by atoms with Crippen LogP contribution in [0.2, 0.25) is 5.02 Å². The van der Waals surface area contributed by atoms with Crippen LogP contribution in [0, 0.1) is 17.0 Å². The summed E-state index contributed by atoms with van der Waals surface area (Å²) in [6.45, 7) is 0.826. The maximum Gasteiger partial charge on any atom is 0.289 e. The van der Waals surface area contributed by atoms with Crippen LogP contribution in [-0.4, -0.2) is 25.8 Å². The van der Waals surface area contributed by atoms with Gasteiger partial charge in [0, 0.05) is 6.07 Å². The molecule has 0 saturated heterocycles. The van der Waals surface area contributed by atoms with E-state index >= 15 is 0 Å². The molecule has 0 bridgehead atoms. The molecular formula is C9H10ClN3O5S. The minimum Gasteiger partial charge on any atom is -0.369 e. The van der Waals surface area contributed by atoms with Crippen molar-refractivity contribution < 1.29 is 18.1 Å². The van der Waals surface area contributed by atoms with Crippen molar-refractivity contribution in [3.63, 3.8) is 0 Å². The topological polar surface area (TPSA) is 132 Å². The Bertz CT molecular complexity index is 644. The summed E-state index contributed by atoms with van der Waals surface area (Å²) in [7, 11) is -4.07. The second-order valence-electron chi connectivity index (χ2n) is 3.62. The molecule has 0 aliphatic carbocycles. The van der Waals surface area contributed by atoms with Gasteiger partial charge in [0.05, 0.1) is 16.4 Å². The largest absolute Gasteiger partial charge is 0.369 e. The molecule has 1 amide bonds. The first-order chi connectivity index (χ1) is 8.65. The first-order valence-corrected chi connectivity index (χ1v) is 6.74. The monoisotopic (exact) mass is 307 g/mol. The number of sulfonamides is 1. The number of rotatable bonds is 5. The quantitative estimate of drug-likeness (QED) is 0.597. The number of hydrogen-bond acceptors (Lipinski definition) is 5. The van der Waals surface area contributed by atoms with E-state index in [1.54, 1.807) is 0 Å². The molecule has 0 unspecified atom stereocenters. The summed E-state index contributed by atoms with van der Waals surface area (Å²) in [5, 5.41) is 10.5. The van der Waals surface area contributed by atoms with Gasteiger partial charge in [-0.3, -0.25) is 14.9 Å². The number of carbonyl (C=O) groups is 1. The highest BCUT2D eigenvalue weighted by Crippen LogP contribution is 2.29. The summed E-state index contributed by atoms with van der Waals surface area (Å²) < 4.78 is 25.7. The molecular weight excluding hydrogens is 298 g/mol. The van der Waals surface area contributed by atoms with E-state index in [2.05, 4.69) is 0 Å². The Morgan fingerprint density at radius 2 is 2.11 bits per heavy atom. The van der Waals surface area contributed by atoms with Crippen molar-refractivity contribution in [2.45, 2.75) is 11.8 Å². The number of benzene rings is 1. The number of nitrogens with one attached hydrogen (secondary N) is 1. The number of carbonyl (C=O) groups excluding carboxylic acids is 1. The lowest BCUT2D eigenvalue weighted by Gasteiger charge is -2.08. The van der Waals surface area contributed by atoms with Crippen LogP contribution in [0.1, 0.15) is 5.56 Å². The predicted octanol–water partition coefficient (Wildman–Crippen LogP) is 0.320. The summed E-state index contributed by atoms with van der Waals surface area (Å²) in [5.41, 5.74) is 4.50. The lowest BCUT2D eigenvalue weighted by molar-refractivity contribution is -0.384. The minimum atomic E-state index is -4.07. The average Bonchev–Trinajstić information content (AvgIpc) is 2.25. The van der Waals surface area contributed by atoms with Crippen molar-refractivity contribution in [2.75, 3.05) is 6.54 Å². The van der Waals surface area contributed by atoms with Crippen molar-refractivity contribution >= 4 is 33.2 Å². The van der Waals surface area contributed by atoms with E-state index in [1.807, 2.05) is 4.72 Å².